The Morgan fingerprint density at radius 1 is 1.32 bits per heavy atom. The number of carbonyl (C=O) groups excluding carboxylic acids is 1. The molecule has 2 aromatic rings. The molecule has 2 rings (SSSR count). The Labute approximate surface area is 143 Å². The fraction of sp³-hybridized carbons (Fsp3) is 0.400. The van der Waals surface area contributed by atoms with Crippen LogP contribution in [0.5, 0.6) is 0 Å². The molecule has 0 aliphatic carbocycles. The van der Waals surface area contributed by atoms with E-state index in [1.54, 1.807) is 17.1 Å². The molecule has 25 heavy (non-hydrogen) atoms. The fourth-order valence-electron chi connectivity index (χ4n) is 1.94. The lowest BCUT2D eigenvalue weighted by Gasteiger charge is -2.19. The van der Waals surface area contributed by atoms with Crippen molar-refractivity contribution < 1.29 is 14.1 Å². The van der Waals surface area contributed by atoms with Gasteiger partial charge in [0.25, 0.3) is 11.7 Å². The normalized spacial score (nSPS) is 10.4. The Morgan fingerprint density at radius 2 is 2.04 bits per heavy atom. The monoisotopic (exact) mass is 348 g/mol. The number of hydrogen-bond acceptors (Lipinski definition) is 8. The average Bonchev–Trinajstić information content (AvgIpc) is 2.95. The van der Waals surface area contributed by atoms with Crippen LogP contribution in [-0.4, -0.2) is 45.3 Å². The predicted molar refractivity (Wildman–Crippen MR) is 91.8 cm³/mol. The Hall–Kier alpha value is -3.17. The molecule has 2 heterocycles. The first kappa shape index (κ1) is 18.2. The van der Waals surface area contributed by atoms with E-state index in [1.165, 1.54) is 0 Å². The number of nitrogens with zero attached hydrogens (tertiary/aromatic N) is 5. The van der Waals surface area contributed by atoms with Gasteiger partial charge in [-0.25, -0.2) is 9.59 Å². The molecule has 0 aliphatic heterocycles. The molecule has 0 spiro atoms. The molecule has 0 atom stereocenters. The second-order valence-electron chi connectivity index (χ2n) is 5.01. The second kappa shape index (κ2) is 8.62. The van der Waals surface area contributed by atoms with Crippen molar-refractivity contribution in [1.82, 2.24) is 19.5 Å². The number of ether oxygens (including phenoxy) is 1. The number of nitrogens with one attached hydrogen (secondary N) is 1. The van der Waals surface area contributed by atoms with Gasteiger partial charge in [0, 0.05) is 13.1 Å². The molecular formula is C15H20N6O4. The molecule has 0 saturated carbocycles. The standard InChI is InChI=1S/C15H20N6O4/c1-4-7-10-24-14(22)18-12-16-11(20(8-5-2)9-6-3)17-13-19-15(23)25-21(12)13/h5-6H,2-4,7-10H2,1H3,(H,16,17,18,19,22,23). The summed E-state index contributed by atoms with van der Waals surface area (Å²) < 4.78 is 10.8. The Morgan fingerprint density at radius 3 is 2.68 bits per heavy atom. The van der Waals surface area contributed by atoms with Crippen LogP contribution in [0.15, 0.2) is 34.6 Å². The SMILES string of the molecule is C=CCN(CC=C)c1nc(NC(=O)OCCCC)n2oc(=O)nc2n1. The zero-order valence-corrected chi connectivity index (χ0v) is 14.0. The van der Waals surface area contributed by atoms with Crippen LogP contribution >= 0.6 is 0 Å². The van der Waals surface area contributed by atoms with Crippen molar-refractivity contribution in [2.45, 2.75) is 19.8 Å². The average molecular weight is 348 g/mol. The van der Waals surface area contributed by atoms with Gasteiger partial charge in [-0.05, 0) is 6.42 Å². The Kier molecular flexibility index (Phi) is 6.26. The zero-order chi connectivity index (χ0) is 18.2. The summed E-state index contributed by atoms with van der Waals surface area (Å²) in [6.07, 6.45) is 4.25. The van der Waals surface area contributed by atoms with Crippen molar-refractivity contribution >= 4 is 23.8 Å². The maximum Gasteiger partial charge on any atom is 0.462 e. The molecule has 134 valence electrons. The summed E-state index contributed by atoms with van der Waals surface area (Å²) >= 11 is 0. The quantitative estimate of drug-likeness (QED) is 0.537. The summed E-state index contributed by atoms with van der Waals surface area (Å²) in [5, 5.41) is 2.44. The molecule has 0 bridgehead atoms. The van der Waals surface area contributed by atoms with Gasteiger partial charge in [0.2, 0.25) is 5.95 Å². The van der Waals surface area contributed by atoms with Gasteiger partial charge < -0.3 is 14.2 Å². The molecule has 0 saturated heterocycles. The molecule has 0 aromatic carbocycles. The number of hydrogen-bond donors (Lipinski definition) is 1. The highest BCUT2D eigenvalue weighted by Gasteiger charge is 2.18. The van der Waals surface area contributed by atoms with Crippen molar-refractivity contribution in [2.75, 3.05) is 29.9 Å². The van der Waals surface area contributed by atoms with Crippen LogP contribution in [-0.2, 0) is 4.74 Å². The number of anilines is 2. The van der Waals surface area contributed by atoms with Crippen molar-refractivity contribution in [2.24, 2.45) is 0 Å². The third-order valence-electron chi connectivity index (χ3n) is 3.07. The van der Waals surface area contributed by atoms with E-state index in [0.29, 0.717) is 13.1 Å². The number of amides is 1. The minimum absolute atomic E-state index is 0.0306. The van der Waals surface area contributed by atoms with Crippen LogP contribution in [0.4, 0.5) is 16.7 Å². The minimum atomic E-state index is -0.854. The highest BCUT2D eigenvalue weighted by molar-refractivity contribution is 5.82. The van der Waals surface area contributed by atoms with Crippen LogP contribution in [0.25, 0.3) is 5.78 Å². The lowest BCUT2D eigenvalue weighted by Crippen LogP contribution is -2.27. The smallest absolute Gasteiger partial charge is 0.449 e. The van der Waals surface area contributed by atoms with E-state index in [1.807, 2.05) is 6.92 Å². The number of unbranched alkanes of at least 4 members (excludes halogenated alkanes) is 1. The number of aromatic nitrogens is 4. The number of carbonyl (C=O) groups is 1. The zero-order valence-electron chi connectivity index (χ0n) is 14.0. The van der Waals surface area contributed by atoms with Crippen LogP contribution in [0.3, 0.4) is 0 Å². The Bertz CT molecular complexity index is 802. The molecule has 10 nitrogen and oxygen atoms in total. The first-order valence-corrected chi connectivity index (χ1v) is 7.77. The van der Waals surface area contributed by atoms with E-state index in [-0.39, 0.29) is 24.3 Å². The maximum atomic E-state index is 11.9. The molecule has 0 unspecified atom stereocenters. The van der Waals surface area contributed by atoms with E-state index in [9.17, 15) is 9.59 Å². The van der Waals surface area contributed by atoms with Gasteiger partial charge in [-0.1, -0.05) is 30.1 Å². The summed E-state index contributed by atoms with van der Waals surface area (Å²) in [6, 6.07) is 0. The molecule has 0 radical (unpaired) electrons. The molecule has 2 aromatic heterocycles. The lowest BCUT2D eigenvalue weighted by molar-refractivity contribution is 0.159. The maximum absolute atomic E-state index is 11.9. The van der Waals surface area contributed by atoms with Gasteiger partial charge in [-0.2, -0.15) is 9.97 Å². The predicted octanol–water partition coefficient (Wildman–Crippen LogP) is 1.60. The molecule has 1 N–H and O–H groups in total. The van der Waals surface area contributed by atoms with Gasteiger partial charge >= 0.3 is 11.8 Å². The van der Waals surface area contributed by atoms with Crippen LogP contribution in [0.1, 0.15) is 19.8 Å². The third-order valence-corrected chi connectivity index (χ3v) is 3.07. The molecular weight excluding hydrogens is 328 g/mol. The molecule has 1 amide bonds. The van der Waals surface area contributed by atoms with Gasteiger partial charge in [0.1, 0.15) is 0 Å². The van der Waals surface area contributed by atoms with E-state index >= 15 is 0 Å². The first-order chi connectivity index (χ1) is 12.1. The highest BCUT2D eigenvalue weighted by Crippen LogP contribution is 2.14. The van der Waals surface area contributed by atoms with Crippen molar-refractivity contribution in [1.29, 1.82) is 0 Å². The van der Waals surface area contributed by atoms with Crippen molar-refractivity contribution in [3.63, 3.8) is 0 Å². The topological polar surface area (TPSA) is 115 Å². The largest absolute Gasteiger partial charge is 0.462 e. The van der Waals surface area contributed by atoms with Crippen molar-refractivity contribution in [3.05, 3.63) is 35.9 Å². The van der Waals surface area contributed by atoms with Gasteiger partial charge in [-0.3, -0.25) is 5.32 Å². The van der Waals surface area contributed by atoms with E-state index in [2.05, 4.69) is 33.4 Å². The van der Waals surface area contributed by atoms with Crippen LogP contribution < -0.4 is 16.0 Å². The summed E-state index contributed by atoms with van der Waals surface area (Å²) in [6.45, 7) is 10.5. The molecule has 0 aliphatic rings. The van der Waals surface area contributed by atoms with Gasteiger partial charge in [0.15, 0.2) is 0 Å². The highest BCUT2D eigenvalue weighted by atomic mass is 16.6. The van der Waals surface area contributed by atoms with Crippen LogP contribution in [0.2, 0.25) is 0 Å². The lowest BCUT2D eigenvalue weighted by atomic mass is 10.4. The number of rotatable bonds is 9. The summed E-state index contributed by atoms with van der Waals surface area (Å²) in [7, 11) is 0. The third kappa shape index (κ3) is 4.66. The first-order valence-electron chi connectivity index (χ1n) is 7.77. The Balaban J connectivity index is 2.35. The summed E-state index contributed by atoms with van der Waals surface area (Å²) in [5.74, 6) is -0.712. The van der Waals surface area contributed by atoms with E-state index < -0.39 is 11.8 Å². The second-order valence-corrected chi connectivity index (χ2v) is 5.01. The molecule has 10 heteroatoms. The van der Waals surface area contributed by atoms with Crippen LogP contribution in [0, 0.1) is 0 Å². The van der Waals surface area contributed by atoms with Crippen molar-refractivity contribution in [3.8, 4) is 0 Å². The summed E-state index contributed by atoms with van der Waals surface area (Å²) in [4.78, 5) is 37.0. The van der Waals surface area contributed by atoms with E-state index in [4.69, 9.17) is 9.26 Å². The molecule has 0 fully saturated rings. The summed E-state index contributed by atoms with van der Waals surface area (Å²) in [5.41, 5.74) is 0. The van der Waals surface area contributed by atoms with E-state index in [0.717, 1.165) is 17.4 Å². The number of fused-ring (bicyclic) bond motifs is 1. The van der Waals surface area contributed by atoms with Gasteiger partial charge in [-0.15, -0.1) is 18.1 Å². The van der Waals surface area contributed by atoms with Gasteiger partial charge in [0.05, 0.1) is 6.61 Å². The fourth-order valence-corrected chi connectivity index (χ4v) is 1.94. The minimum Gasteiger partial charge on any atom is -0.449 e.